The molecule has 0 saturated heterocycles. The topological polar surface area (TPSA) is 46.9 Å². The van der Waals surface area contributed by atoms with Crippen LogP contribution < -0.4 is 5.32 Å². The highest BCUT2D eigenvalue weighted by atomic mass is 79.9. The lowest BCUT2D eigenvalue weighted by Gasteiger charge is -2.08. The number of benzene rings is 3. The maximum Gasteiger partial charge on any atom is 0.256 e. The number of imidazole rings is 1. The molecule has 1 amide bonds. The molecule has 0 saturated carbocycles. The first-order valence-corrected chi connectivity index (χ1v) is 9.10. The molecule has 134 valence electrons. The van der Waals surface area contributed by atoms with Crippen LogP contribution in [0.2, 0.25) is 0 Å². The Kier molecular flexibility index (Phi) is 4.49. The number of rotatable bonds is 3. The third-order valence-corrected chi connectivity index (χ3v) is 5.05. The van der Waals surface area contributed by atoms with Gasteiger partial charge in [-0.15, -0.1) is 0 Å². The first kappa shape index (κ1) is 17.4. The number of nitrogens with zero attached hydrogens (tertiary/aromatic N) is 2. The number of carbonyl (C=O) groups is 1. The molecular weight excluding hydrogens is 409 g/mol. The van der Waals surface area contributed by atoms with E-state index in [0.29, 0.717) is 10.2 Å². The fourth-order valence-corrected chi connectivity index (χ4v) is 3.40. The Balaban J connectivity index is 1.59. The van der Waals surface area contributed by atoms with Crippen LogP contribution in [0, 0.1) is 5.82 Å². The molecule has 0 fully saturated rings. The average molecular weight is 424 g/mol. The van der Waals surface area contributed by atoms with Crippen molar-refractivity contribution in [3.05, 3.63) is 82.6 Å². The molecule has 6 heteroatoms. The van der Waals surface area contributed by atoms with E-state index in [1.54, 1.807) is 12.1 Å². The van der Waals surface area contributed by atoms with E-state index in [4.69, 9.17) is 0 Å². The highest BCUT2D eigenvalue weighted by molar-refractivity contribution is 9.10. The summed E-state index contributed by atoms with van der Waals surface area (Å²) in [5.74, 6) is 0.0133. The number of nitrogens with one attached hydrogen (secondary N) is 1. The Hall–Kier alpha value is -2.99. The van der Waals surface area contributed by atoms with Crippen molar-refractivity contribution in [2.24, 2.45) is 7.05 Å². The van der Waals surface area contributed by atoms with Crippen LogP contribution in [-0.2, 0) is 7.05 Å². The Morgan fingerprint density at radius 1 is 1.07 bits per heavy atom. The molecule has 0 spiro atoms. The second-order valence-corrected chi connectivity index (χ2v) is 6.99. The number of anilines is 1. The van der Waals surface area contributed by atoms with Crippen LogP contribution in [0.4, 0.5) is 10.1 Å². The summed E-state index contributed by atoms with van der Waals surface area (Å²) in [6.07, 6.45) is 0. The summed E-state index contributed by atoms with van der Waals surface area (Å²) in [5.41, 5.74) is 3.80. The third kappa shape index (κ3) is 3.36. The second-order valence-electron chi connectivity index (χ2n) is 6.14. The zero-order chi connectivity index (χ0) is 19.0. The van der Waals surface area contributed by atoms with Gasteiger partial charge >= 0.3 is 0 Å². The molecule has 3 aromatic carbocycles. The number of amides is 1. The van der Waals surface area contributed by atoms with Crippen molar-refractivity contribution < 1.29 is 9.18 Å². The molecule has 1 heterocycles. The van der Waals surface area contributed by atoms with Gasteiger partial charge in [0.1, 0.15) is 11.6 Å². The first-order chi connectivity index (χ1) is 13.0. The van der Waals surface area contributed by atoms with Gasteiger partial charge in [0.05, 0.1) is 16.6 Å². The van der Waals surface area contributed by atoms with Crippen LogP contribution in [0.25, 0.3) is 22.4 Å². The first-order valence-electron chi connectivity index (χ1n) is 8.31. The molecule has 0 radical (unpaired) electrons. The smallest absolute Gasteiger partial charge is 0.256 e. The Bertz CT molecular complexity index is 1150. The van der Waals surface area contributed by atoms with Gasteiger partial charge in [-0.25, -0.2) is 9.37 Å². The molecule has 1 aromatic heterocycles. The second kappa shape index (κ2) is 6.96. The van der Waals surface area contributed by atoms with Gasteiger partial charge in [0.15, 0.2) is 0 Å². The van der Waals surface area contributed by atoms with E-state index in [1.165, 1.54) is 18.2 Å². The SMILES string of the molecule is Cn1c(-c2ccc(NC(=O)c3cc(F)ccc3Br)cc2)nc2ccccc21. The van der Waals surface area contributed by atoms with Crippen molar-refractivity contribution in [2.75, 3.05) is 5.32 Å². The van der Waals surface area contributed by atoms with E-state index in [9.17, 15) is 9.18 Å². The van der Waals surface area contributed by atoms with Crippen molar-refractivity contribution in [1.29, 1.82) is 0 Å². The van der Waals surface area contributed by atoms with Crippen molar-refractivity contribution in [3.63, 3.8) is 0 Å². The molecule has 4 aromatic rings. The molecule has 1 N–H and O–H groups in total. The van der Waals surface area contributed by atoms with Crippen LogP contribution in [0.5, 0.6) is 0 Å². The van der Waals surface area contributed by atoms with Gasteiger partial charge in [0.25, 0.3) is 5.91 Å². The van der Waals surface area contributed by atoms with Crippen LogP contribution >= 0.6 is 15.9 Å². The van der Waals surface area contributed by atoms with Gasteiger partial charge in [0.2, 0.25) is 0 Å². The summed E-state index contributed by atoms with van der Waals surface area (Å²) in [5, 5.41) is 2.78. The number of aromatic nitrogens is 2. The quantitative estimate of drug-likeness (QED) is 0.479. The number of halogens is 2. The van der Waals surface area contributed by atoms with Crippen LogP contribution in [0.3, 0.4) is 0 Å². The van der Waals surface area contributed by atoms with Gasteiger partial charge in [-0.1, -0.05) is 12.1 Å². The molecule has 0 aliphatic carbocycles. The molecule has 4 rings (SSSR count). The molecule has 0 aliphatic rings. The Labute approximate surface area is 163 Å². The standard InChI is InChI=1S/C21H15BrFN3O/c1-26-19-5-3-2-4-18(19)25-20(26)13-6-9-15(10-7-13)24-21(27)16-12-14(23)8-11-17(16)22/h2-12H,1H3,(H,24,27). The minimum absolute atomic E-state index is 0.245. The number of hydrogen-bond acceptors (Lipinski definition) is 2. The number of para-hydroxylation sites is 2. The zero-order valence-electron chi connectivity index (χ0n) is 14.4. The van der Waals surface area contributed by atoms with Gasteiger partial charge in [-0.05, 0) is 70.5 Å². The highest BCUT2D eigenvalue weighted by Crippen LogP contribution is 2.25. The van der Waals surface area contributed by atoms with Crippen LogP contribution in [0.1, 0.15) is 10.4 Å². The molecule has 27 heavy (non-hydrogen) atoms. The Morgan fingerprint density at radius 2 is 1.81 bits per heavy atom. The molecule has 0 atom stereocenters. The van der Waals surface area contributed by atoms with Crippen LogP contribution in [0.15, 0.2) is 71.2 Å². The summed E-state index contributed by atoms with van der Waals surface area (Å²) in [6.45, 7) is 0. The van der Waals surface area contributed by atoms with E-state index in [2.05, 4.69) is 26.2 Å². The molecule has 4 nitrogen and oxygen atoms in total. The molecule has 0 aliphatic heterocycles. The van der Waals surface area contributed by atoms with E-state index < -0.39 is 5.82 Å². The number of carbonyl (C=O) groups excluding carboxylic acids is 1. The van der Waals surface area contributed by atoms with Gasteiger partial charge in [-0.3, -0.25) is 4.79 Å². The lowest BCUT2D eigenvalue weighted by atomic mass is 10.1. The maximum absolute atomic E-state index is 13.4. The summed E-state index contributed by atoms with van der Waals surface area (Å²) >= 11 is 3.27. The lowest BCUT2D eigenvalue weighted by Crippen LogP contribution is -2.12. The minimum Gasteiger partial charge on any atom is -0.327 e. The summed E-state index contributed by atoms with van der Waals surface area (Å²) in [4.78, 5) is 17.1. The molecule has 0 unspecified atom stereocenters. The monoisotopic (exact) mass is 423 g/mol. The predicted molar refractivity (Wildman–Crippen MR) is 108 cm³/mol. The van der Waals surface area contributed by atoms with Gasteiger partial charge < -0.3 is 9.88 Å². The third-order valence-electron chi connectivity index (χ3n) is 4.36. The predicted octanol–water partition coefficient (Wildman–Crippen LogP) is 5.39. The van der Waals surface area contributed by atoms with E-state index >= 15 is 0 Å². The van der Waals surface area contributed by atoms with Crippen molar-refractivity contribution >= 4 is 38.6 Å². The van der Waals surface area contributed by atoms with Gasteiger partial charge in [0, 0.05) is 22.8 Å². The lowest BCUT2D eigenvalue weighted by molar-refractivity contribution is 0.102. The maximum atomic E-state index is 13.4. The fraction of sp³-hybridized carbons (Fsp3) is 0.0476. The molecule has 0 bridgehead atoms. The summed E-state index contributed by atoms with van der Waals surface area (Å²) in [7, 11) is 1.97. The van der Waals surface area contributed by atoms with E-state index in [1.807, 2.05) is 48.0 Å². The van der Waals surface area contributed by atoms with Crippen LogP contribution in [-0.4, -0.2) is 15.5 Å². The number of hydrogen-bond donors (Lipinski definition) is 1. The average Bonchev–Trinajstić information content (AvgIpc) is 3.01. The fourth-order valence-electron chi connectivity index (χ4n) is 2.98. The number of fused-ring (bicyclic) bond motifs is 1. The van der Waals surface area contributed by atoms with Crippen molar-refractivity contribution in [2.45, 2.75) is 0 Å². The zero-order valence-corrected chi connectivity index (χ0v) is 16.0. The minimum atomic E-state index is -0.458. The van der Waals surface area contributed by atoms with Crippen molar-refractivity contribution in [3.8, 4) is 11.4 Å². The van der Waals surface area contributed by atoms with E-state index in [0.717, 1.165) is 22.4 Å². The molecular formula is C21H15BrFN3O. The summed E-state index contributed by atoms with van der Waals surface area (Å²) in [6, 6.07) is 19.4. The van der Waals surface area contributed by atoms with E-state index in [-0.39, 0.29) is 11.5 Å². The number of aryl methyl sites for hydroxylation is 1. The highest BCUT2D eigenvalue weighted by Gasteiger charge is 2.13. The Morgan fingerprint density at radius 3 is 2.56 bits per heavy atom. The van der Waals surface area contributed by atoms with Gasteiger partial charge in [-0.2, -0.15) is 0 Å². The van der Waals surface area contributed by atoms with Crippen molar-refractivity contribution in [1.82, 2.24) is 9.55 Å². The largest absolute Gasteiger partial charge is 0.327 e. The summed E-state index contributed by atoms with van der Waals surface area (Å²) < 4.78 is 16.0. The normalized spacial score (nSPS) is 10.9.